The lowest BCUT2D eigenvalue weighted by molar-refractivity contribution is -0.109. The topological polar surface area (TPSA) is 72.2 Å². The minimum absolute atomic E-state index is 0.0364. The van der Waals surface area contributed by atoms with Crippen LogP contribution in [0.5, 0.6) is 0 Å². The van der Waals surface area contributed by atoms with Crippen molar-refractivity contribution < 1.29 is 9.59 Å². The predicted octanol–water partition coefficient (Wildman–Crippen LogP) is 1.55. The summed E-state index contributed by atoms with van der Waals surface area (Å²) in [4.78, 5) is 21.8. The molecule has 4 nitrogen and oxygen atoms in total. The van der Waals surface area contributed by atoms with Crippen LogP contribution in [0, 0.1) is 0 Å². The molecule has 0 aliphatic heterocycles. The number of thioether (sulfide) groups is 1. The van der Waals surface area contributed by atoms with E-state index in [1.165, 1.54) is 18.7 Å². The molecule has 0 saturated carbocycles. The van der Waals surface area contributed by atoms with Crippen molar-refractivity contribution in [2.45, 2.75) is 19.4 Å². The Labute approximate surface area is 105 Å². The molecule has 0 heterocycles. The van der Waals surface area contributed by atoms with E-state index in [1.54, 1.807) is 0 Å². The first kappa shape index (κ1) is 13.6. The number of carbonyl (C=O) groups is 2. The van der Waals surface area contributed by atoms with E-state index in [-0.39, 0.29) is 11.2 Å². The molecule has 0 bridgehead atoms. The Morgan fingerprint density at radius 3 is 2.53 bits per heavy atom. The molecular formula is C12H16N2O2S. The van der Waals surface area contributed by atoms with E-state index < -0.39 is 6.03 Å². The number of hydrogen-bond donors (Lipinski definition) is 2. The molecule has 0 aliphatic carbocycles. The van der Waals surface area contributed by atoms with Gasteiger partial charge in [-0.1, -0.05) is 42.1 Å². The van der Waals surface area contributed by atoms with E-state index in [4.69, 9.17) is 5.73 Å². The van der Waals surface area contributed by atoms with Gasteiger partial charge in [-0.25, -0.2) is 4.79 Å². The molecule has 17 heavy (non-hydrogen) atoms. The number of amides is 2. The molecule has 0 radical (unpaired) electrons. The van der Waals surface area contributed by atoms with Gasteiger partial charge in [0, 0.05) is 18.7 Å². The normalized spacial score (nSPS) is 11.8. The molecule has 1 unspecified atom stereocenters. The zero-order chi connectivity index (χ0) is 12.7. The van der Waals surface area contributed by atoms with Crippen molar-refractivity contribution in [1.29, 1.82) is 0 Å². The van der Waals surface area contributed by atoms with Gasteiger partial charge in [-0.05, 0) is 12.0 Å². The van der Waals surface area contributed by atoms with Crippen molar-refractivity contribution in [3.63, 3.8) is 0 Å². The Bertz CT molecular complexity index is 381. The zero-order valence-electron chi connectivity index (χ0n) is 9.68. The van der Waals surface area contributed by atoms with Gasteiger partial charge in [0.1, 0.15) is 0 Å². The second-order valence-corrected chi connectivity index (χ2v) is 4.89. The summed E-state index contributed by atoms with van der Waals surface area (Å²) in [5, 5.41) is 2.69. The number of hydrogen-bond acceptors (Lipinski definition) is 3. The first-order chi connectivity index (χ1) is 8.08. The molecule has 0 aromatic heterocycles. The van der Waals surface area contributed by atoms with E-state index in [0.29, 0.717) is 12.2 Å². The van der Waals surface area contributed by atoms with Crippen molar-refractivity contribution >= 4 is 22.9 Å². The summed E-state index contributed by atoms with van der Waals surface area (Å²) in [5.74, 6) is 0.535. The Morgan fingerprint density at radius 2 is 2.00 bits per heavy atom. The quantitative estimate of drug-likeness (QED) is 0.835. The average Bonchev–Trinajstić information content (AvgIpc) is 2.26. The van der Waals surface area contributed by atoms with Crippen molar-refractivity contribution in [1.82, 2.24) is 5.32 Å². The molecule has 1 atom stereocenters. The van der Waals surface area contributed by atoms with Crippen LogP contribution in [0.15, 0.2) is 30.3 Å². The maximum absolute atomic E-state index is 10.9. The Balaban J connectivity index is 2.56. The van der Waals surface area contributed by atoms with E-state index in [2.05, 4.69) is 5.32 Å². The Morgan fingerprint density at radius 1 is 1.35 bits per heavy atom. The fraction of sp³-hybridized carbons (Fsp3) is 0.333. The minimum Gasteiger partial charge on any atom is -0.352 e. The number of carbonyl (C=O) groups excluding carboxylic acids is 2. The number of nitrogens with two attached hydrogens (primary N) is 1. The van der Waals surface area contributed by atoms with Crippen LogP contribution in [0.25, 0.3) is 0 Å². The predicted molar refractivity (Wildman–Crippen MR) is 69.8 cm³/mol. The zero-order valence-corrected chi connectivity index (χ0v) is 10.5. The van der Waals surface area contributed by atoms with Crippen LogP contribution in [0.4, 0.5) is 4.79 Å². The summed E-state index contributed by atoms with van der Waals surface area (Å²) >= 11 is 1.19. The molecule has 0 spiro atoms. The van der Waals surface area contributed by atoms with E-state index in [1.807, 2.05) is 30.3 Å². The highest BCUT2D eigenvalue weighted by molar-refractivity contribution is 8.13. The van der Waals surface area contributed by atoms with E-state index in [0.717, 1.165) is 5.56 Å². The first-order valence-corrected chi connectivity index (χ1v) is 6.29. The van der Waals surface area contributed by atoms with Gasteiger partial charge in [0.25, 0.3) is 0 Å². The van der Waals surface area contributed by atoms with Crippen molar-refractivity contribution in [3.05, 3.63) is 35.9 Å². The fourth-order valence-electron chi connectivity index (χ4n) is 1.47. The molecule has 0 fully saturated rings. The van der Waals surface area contributed by atoms with Crippen molar-refractivity contribution in [2.24, 2.45) is 5.73 Å². The third kappa shape index (κ3) is 5.97. The molecule has 1 aromatic rings. The van der Waals surface area contributed by atoms with Gasteiger partial charge in [-0.15, -0.1) is 0 Å². The second kappa shape index (κ2) is 6.96. The number of benzene rings is 1. The summed E-state index contributed by atoms with van der Waals surface area (Å²) in [7, 11) is 0. The van der Waals surface area contributed by atoms with Gasteiger partial charge < -0.3 is 11.1 Å². The molecule has 1 aromatic carbocycles. The first-order valence-electron chi connectivity index (χ1n) is 5.31. The summed E-state index contributed by atoms with van der Waals surface area (Å²) in [6.07, 6.45) is 0.671. The number of rotatable bonds is 5. The highest BCUT2D eigenvalue weighted by Crippen LogP contribution is 2.09. The van der Waals surface area contributed by atoms with Gasteiger partial charge in [0.2, 0.25) is 0 Å². The van der Waals surface area contributed by atoms with Crippen LogP contribution in [0.1, 0.15) is 12.5 Å². The Hall–Kier alpha value is -1.49. The molecule has 5 heteroatoms. The largest absolute Gasteiger partial charge is 0.352 e. The number of primary amides is 1. The van der Waals surface area contributed by atoms with Gasteiger partial charge in [-0.2, -0.15) is 0 Å². The number of urea groups is 1. The molecule has 0 aliphatic rings. The third-order valence-electron chi connectivity index (χ3n) is 2.16. The summed E-state index contributed by atoms with van der Waals surface area (Å²) in [6, 6.07) is 9.09. The second-order valence-electron chi connectivity index (χ2n) is 3.70. The van der Waals surface area contributed by atoms with Gasteiger partial charge in [-0.3, -0.25) is 4.79 Å². The summed E-state index contributed by atoms with van der Waals surface area (Å²) in [5.41, 5.74) is 6.22. The van der Waals surface area contributed by atoms with Crippen molar-refractivity contribution in [2.75, 3.05) is 5.75 Å². The monoisotopic (exact) mass is 252 g/mol. The van der Waals surface area contributed by atoms with Crippen molar-refractivity contribution in [3.8, 4) is 0 Å². The average molecular weight is 252 g/mol. The molecule has 2 amide bonds. The maximum Gasteiger partial charge on any atom is 0.312 e. The smallest absolute Gasteiger partial charge is 0.312 e. The minimum atomic E-state index is -0.560. The summed E-state index contributed by atoms with van der Waals surface area (Å²) in [6.45, 7) is 1.51. The van der Waals surface area contributed by atoms with E-state index >= 15 is 0 Å². The van der Waals surface area contributed by atoms with Crippen LogP contribution in [-0.2, 0) is 11.2 Å². The highest BCUT2D eigenvalue weighted by atomic mass is 32.2. The Kier molecular flexibility index (Phi) is 5.56. The molecule has 3 N–H and O–H groups in total. The van der Waals surface area contributed by atoms with Crippen LogP contribution < -0.4 is 11.1 Å². The summed E-state index contributed by atoms with van der Waals surface area (Å²) < 4.78 is 0. The SMILES string of the molecule is CC(=O)SCC(Cc1ccccc1)NC(N)=O. The third-order valence-corrected chi connectivity index (χ3v) is 3.13. The molecule has 0 saturated heterocycles. The van der Waals surface area contributed by atoms with Crippen LogP contribution >= 0.6 is 11.8 Å². The fourth-order valence-corrected chi connectivity index (χ4v) is 2.11. The van der Waals surface area contributed by atoms with E-state index in [9.17, 15) is 9.59 Å². The van der Waals surface area contributed by atoms with Crippen LogP contribution in [-0.4, -0.2) is 22.9 Å². The molecular weight excluding hydrogens is 236 g/mol. The van der Waals surface area contributed by atoms with Crippen LogP contribution in [0.2, 0.25) is 0 Å². The van der Waals surface area contributed by atoms with Crippen LogP contribution in [0.3, 0.4) is 0 Å². The molecule has 1 rings (SSSR count). The van der Waals surface area contributed by atoms with Gasteiger partial charge in [0.15, 0.2) is 5.12 Å². The highest BCUT2D eigenvalue weighted by Gasteiger charge is 2.12. The lowest BCUT2D eigenvalue weighted by Gasteiger charge is -2.16. The maximum atomic E-state index is 10.9. The lowest BCUT2D eigenvalue weighted by Crippen LogP contribution is -2.41. The number of nitrogens with one attached hydrogen (secondary N) is 1. The van der Waals surface area contributed by atoms with Gasteiger partial charge >= 0.3 is 6.03 Å². The molecule has 92 valence electrons. The lowest BCUT2D eigenvalue weighted by atomic mass is 10.1. The van der Waals surface area contributed by atoms with Gasteiger partial charge in [0.05, 0.1) is 0 Å². The standard InChI is InChI=1S/C12H16N2O2S/c1-9(15)17-8-11(14-12(13)16)7-10-5-3-2-4-6-10/h2-6,11H,7-8H2,1H3,(H3,13,14,16).